The normalized spacial score (nSPS) is 28.1. The summed E-state index contributed by atoms with van der Waals surface area (Å²) in [6.07, 6.45) is 4.08. The number of halogens is 1. The van der Waals surface area contributed by atoms with Crippen LogP contribution in [0.15, 0.2) is 22.9 Å². The molecule has 1 aromatic rings. The van der Waals surface area contributed by atoms with Gasteiger partial charge in [-0.2, -0.15) is 0 Å². The fraction of sp³-hybridized carbons (Fsp3) is 0.500. The minimum atomic E-state index is -0.292. The van der Waals surface area contributed by atoms with Crippen LogP contribution in [0.3, 0.4) is 0 Å². The SMILES string of the molecule is CC1OCCC1(C)NC(=O)c1cncc(Br)c1. The molecule has 1 amide bonds. The number of ether oxygens (including phenoxy) is 1. The lowest BCUT2D eigenvalue weighted by molar-refractivity contribution is 0.0727. The van der Waals surface area contributed by atoms with Gasteiger partial charge in [0.1, 0.15) is 0 Å². The van der Waals surface area contributed by atoms with E-state index >= 15 is 0 Å². The predicted octanol–water partition coefficient (Wildman–Crippen LogP) is 2.14. The summed E-state index contributed by atoms with van der Waals surface area (Å²) in [5.41, 5.74) is 0.263. The van der Waals surface area contributed by atoms with E-state index in [2.05, 4.69) is 26.2 Å². The molecule has 2 unspecified atom stereocenters. The van der Waals surface area contributed by atoms with Gasteiger partial charge in [0.15, 0.2) is 0 Å². The molecular weight excluding hydrogens is 284 g/mol. The number of carbonyl (C=O) groups excluding carboxylic acids is 1. The third-order valence-electron chi connectivity index (χ3n) is 3.25. The Bertz CT molecular complexity index is 438. The van der Waals surface area contributed by atoms with E-state index in [1.165, 1.54) is 0 Å². The average molecular weight is 299 g/mol. The maximum absolute atomic E-state index is 12.1. The fourth-order valence-corrected chi connectivity index (χ4v) is 2.23. The lowest BCUT2D eigenvalue weighted by Crippen LogP contribution is -2.50. The molecule has 5 heteroatoms. The molecule has 1 saturated heterocycles. The number of nitrogens with zero attached hydrogens (tertiary/aromatic N) is 1. The summed E-state index contributed by atoms with van der Waals surface area (Å²) in [4.78, 5) is 16.1. The molecule has 1 aromatic heterocycles. The fourth-order valence-electron chi connectivity index (χ4n) is 1.87. The Morgan fingerprint density at radius 1 is 1.65 bits per heavy atom. The smallest absolute Gasteiger partial charge is 0.253 e. The Morgan fingerprint density at radius 2 is 2.41 bits per heavy atom. The van der Waals surface area contributed by atoms with Gasteiger partial charge in [-0.15, -0.1) is 0 Å². The quantitative estimate of drug-likeness (QED) is 0.910. The highest BCUT2D eigenvalue weighted by Crippen LogP contribution is 2.25. The number of pyridine rings is 1. The second kappa shape index (κ2) is 4.74. The van der Waals surface area contributed by atoms with E-state index in [1.54, 1.807) is 18.5 Å². The molecule has 0 radical (unpaired) electrons. The Morgan fingerprint density at radius 3 is 3.00 bits per heavy atom. The van der Waals surface area contributed by atoms with Gasteiger partial charge in [-0.25, -0.2) is 0 Å². The van der Waals surface area contributed by atoms with Crippen molar-refractivity contribution in [2.24, 2.45) is 0 Å². The number of aromatic nitrogens is 1. The van der Waals surface area contributed by atoms with Crippen LogP contribution in [0.5, 0.6) is 0 Å². The van der Waals surface area contributed by atoms with E-state index in [4.69, 9.17) is 4.74 Å². The van der Waals surface area contributed by atoms with Crippen molar-refractivity contribution in [3.8, 4) is 0 Å². The van der Waals surface area contributed by atoms with Gasteiger partial charge in [-0.3, -0.25) is 9.78 Å². The molecule has 4 nitrogen and oxygen atoms in total. The van der Waals surface area contributed by atoms with Crippen molar-refractivity contribution >= 4 is 21.8 Å². The molecule has 1 N–H and O–H groups in total. The van der Waals surface area contributed by atoms with E-state index in [0.717, 1.165) is 10.9 Å². The summed E-state index contributed by atoms with van der Waals surface area (Å²) in [5.74, 6) is -0.112. The summed E-state index contributed by atoms with van der Waals surface area (Å²) in [5, 5.41) is 3.02. The summed E-state index contributed by atoms with van der Waals surface area (Å²) >= 11 is 3.30. The second-order valence-corrected chi connectivity index (χ2v) is 5.44. The third-order valence-corrected chi connectivity index (χ3v) is 3.69. The highest BCUT2D eigenvalue weighted by atomic mass is 79.9. The Balaban J connectivity index is 2.12. The first-order valence-corrected chi connectivity index (χ1v) is 6.35. The zero-order chi connectivity index (χ0) is 12.5. The van der Waals surface area contributed by atoms with Crippen LogP contribution in [0.4, 0.5) is 0 Å². The Hall–Kier alpha value is -0.940. The molecule has 0 aromatic carbocycles. The largest absolute Gasteiger partial charge is 0.376 e. The predicted molar refractivity (Wildman–Crippen MR) is 67.8 cm³/mol. The van der Waals surface area contributed by atoms with Crippen LogP contribution in [-0.4, -0.2) is 29.1 Å². The molecule has 2 rings (SSSR count). The summed E-state index contributed by atoms with van der Waals surface area (Å²) in [7, 11) is 0. The Labute approximate surface area is 109 Å². The zero-order valence-electron chi connectivity index (χ0n) is 9.87. The topological polar surface area (TPSA) is 51.2 Å². The van der Waals surface area contributed by atoms with Crippen LogP contribution in [0.2, 0.25) is 0 Å². The van der Waals surface area contributed by atoms with E-state index < -0.39 is 0 Å². The summed E-state index contributed by atoms with van der Waals surface area (Å²) in [6.45, 7) is 4.68. The summed E-state index contributed by atoms with van der Waals surface area (Å²) in [6, 6.07) is 1.76. The van der Waals surface area contributed by atoms with Crippen molar-refractivity contribution in [1.29, 1.82) is 0 Å². The minimum absolute atomic E-state index is 0.0339. The molecule has 1 aliphatic rings. The number of hydrogen-bond donors (Lipinski definition) is 1. The van der Waals surface area contributed by atoms with Crippen LogP contribution in [0.1, 0.15) is 30.6 Å². The molecule has 0 saturated carbocycles. The van der Waals surface area contributed by atoms with Crippen LogP contribution >= 0.6 is 15.9 Å². The van der Waals surface area contributed by atoms with Crippen molar-refractivity contribution in [3.63, 3.8) is 0 Å². The van der Waals surface area contributed by atoms with E-state index in [-0.39, 0.29) is 17.6 Å². The number of carbonyl (C=O) groups is 1. The first-order valence-electron chi connectivity index (χ1n) is 5.56. The molecule has 0 bridgehead atoms. The number of nitrogens with one attached hydrogen (secondary N) is 1. The maximum atomic E-state index is 12.1. The first-order chi connectivity index (χ1) is 8.01. The van der Waals surface area contributed by atoms with Crippen molar-refractivity contribution in [1.82, 2.24) is 10.3 Å². The monoisotopic (exact) mass is 298 g/mol. The van der Waals surface area contributed by atoms with E-state index in [0.29, 0.717) is 12.2 Å². The molecule has 2 atom stereocenters. The van der Waals surface area contributed by atoms with E-state index in [1.807, 2.05) is 13.8 Å². The van der Waals surface area contributed by atoms with Gasteiger partial charge in [0.05, 0.1) is 17.2 Å². The standard InChI is InChI=1S/C12H15BrN2O2/c1-8-12(2,3-4-17-8)15-11(16)9-5-10(13)7-14-6-9/h5-8H,3-4H2,1-2H3,(H,15,16). The Kier molecular flexibility index (Phi) is 3.49. The van der Waals surface area contributed by atoms with Crippen LogP contribution in [-0.2, 0) is 4.74 Å². The number of amides is 1. The molecular formula is C12H15BrN2O2. The van der Waals surface area contributed by atoms with Crippen molar-refractivity contribution in [2.45, 2.75) is 31.9 Å². The van der Waals surface area contributed by atoms with Gasteiger partial charge in [0, 0.05) is 23.5 Å². The molecule has 2 heterocycles. The van der Waals surface area contributed by atoms with Crippen molar-refractivity contribution in [2.75, 3.05) is 6.61 Å². The average Bonchev–Trinajstić information content (AvgIpc) is 2.59. The first kappa shape index (κ1) is 12.5. The summed E-state index contributed by atoms with van der Waals surface area (Å²) < 4.78 is 6.29. The molecule has 0 spiro atoms. The zero-order valence-corrected chi connectivity index (χ0v) is 11.5. The van der Waals surface area contributed by atoms with Gasteiger partial charge in [0.2, 0.25) is 0 Å². The van der Waals surface area contributed by atoms with Gasteiger partial charge in [0.25, 0.3) is 5.91 Å². The molecule has 1 fully saturated rings. The lowest BCUT2D eigenvalue weighted by atomic mass is 9.94. The number of hydrogen-bond acceptors (Lipinski definition) is 3. The van der Waals surface area contributed by atoms with Crippen LogP contribution in [0.25, 0.3) is 0 Å². The minimum Gasteiger partial charge on any atom is -0.376 e. The van der Waals surface area contributed by atoms with Crippen molar-refractivity contribution in [3.05, 3.63) is 28.5 Å². The van der Waals surface area contributed by atoms with Crippen LogP contribution in [0, 0.1) is 0 Å². The third kappa shape index (κ3) is 2.66. The molecule has 17 heavy (non-hydrogen) atoms. The lowest BCUT2D eigenvalue weighted by Gasteiger charge is -2.28. The number of rotatable bonds is 2. The highest BCUT2D eigenvalue weighted by molar-refractivity contribution is 9.10. The van der Waals surface area contributed by atoms with Crippen LogP contribution < -0.4 is 5.32 Å². The van der Waals surface area contributed by atoms with Gasteiger partial charge in [-0.1, -0.05) is 0 Å². The molecule has 92 valence electrons. The van der Waals surface area contributed by atoms with Crippen molar-refractivity contribution < 1.29 is 9.53 Å². The van der Waals surface area contributed by atoms with Gasteiger partial charge in [-0.05, 0) is 42.3 Å². The second-order valence-electron chi connectivity index (χ2n) is 4.53. The van der Waals surface area contributed by atoms with E-state index in [9.17, 15) is 4.79 Å². The van der Waals surface area contributed by atoms with Gasteiger partial charge < -0.3 is 10.1 Å². The highest BCUT2D eigenvalue weighted by Gasteiger charge is 2.38. The molecule has 1 aliphatic heterocycles. The van der Waals surface area contributed by atoms with Gasteiger partial charge >= 0.3 is 0 Å². The molecule has 0 aliphatic carbocycles. The maximum Gasteiger partial charge on any atom is 0.253 e.